The molecule has 2 fully saturated rings. The third-order valence-electron chi connectivity index (χ3n) is 5.83. The third kappa shape index (κ3) is 5.58. The van der Waals surface area contributed by atoms with Gasteiger partial charge in [0.25, 0.3) is 11.8 Å². The second kappa shape index (κ2) is 11.3. The number of aromatic amines is 1. The van der Waals surface area contributed by atoms with Crippen molar-refractivity contribution in [1.29, 1.82) is 0 Å². The van der Waals surface area contributed by atoms with Crippen LogP contribution in [0.3, 0.4) is 0 Å². The Bertz CT molecular complexity index is 1240. The molecule has 3 aliphatic rings. The summed E-state index contributed by atoms with van der Waals surface area (Å²) < 4.78 is 0. The maximum Gasteiger partial charge on any atom is 0.353 e. The summed E-state index contributed by atoms with van der Waals surface area (Å²) in [6.45, 7) is 0. The predicted octanol–water partition coefficient (Wildman–Crippen LogP) is 1.69. The van der Waals surface area contributed by atoms with E-state index in [2.05, 4.69) is 30.9 Å². The van der Waals surface area contributed by atoms with Gasteiger partial charge in [0.2, 0.25) is 0 Å². The normalized spacial score (nSPS) is 22.1. The van der Waals surface area contributed by atoms with Gasteiger partial charge in [0, 0.05) is 16.0 Å². The van der Waals surface area contributed by atoms with E-state index in [1.165, 1.54) is 40.2 Å². The van der Waals surface area contributed by atoms with Crippen LogP contribution in [0.1, 0.15) is 31.4 Å². The first-order chi connectivity index (χ1) is 17.9. The second-order valence-corrected chi connectivity index (χ2v) is 12.6. The Kier molecular flexibility index (Phi) is 7.92. The summed E-state index contributed by atoms with van der Waals surface area (Å²) in [6, 6.07) is -0.907. The molecule has 2 aliphatic heterocycles. The molecular formula is C20H22N8O5S4. The van der Waals surface area contributed by atoms with E-state index in [0.29, 0.717) is 20.8 Å². The number of amides is 2. The number of carboxylic acids is 1. The molecule has 17 heteroatoms. The maximum atomic E-state index is 13.2. The molecule has 196 valence electrons. The number of carbonyl (C=O) groups excluding carboxylic acids is 2. The molecule has 0 aromatic carbocycles. The van der Waals surface area contributed by atoms with Crippen LogP contribution in [0.2, 0.25) is 0 Å². The molecule has 5 N–H and O–H groups in total. The number of fused-ring (bicyclic) bond motifs is 1. The van der Waals surface area contributed by atoms with Crippen LogP contribution in [0.4, 0.5) is 5.13 Å². The number of thiazole rings is 1. The van der Waals surface area contributed by atoms with Crippen molar-refractivity contribution in [3.63, 3.8) is 0 Å². The van der Waals surface area contributed by atoms with Gasteiger partial charge in [-0.25, -0.2) is 9.78 Å². The number of nitrogen functional groups attached to an aromatic ring is 1. The Morgan fingerprint density at radius 3 is 2.84 bits per heavy atom. The number of anilines is 1. The van der Waals surface area contributed by atoms with E-state index in [4.69, 9.17) is 10.6 Å². The van der Waals surface area contributed by atoms with Gasteiger partial charge in [0.15, 0.2) is 10.8 Å². The lowest BCUT2D eigenvalue weighted by atomic mass is 10.0. The minimum Gasteiger partial charge on any atom is -0.477 e. The van der Waals surface area contributed by atoms with Gasteiger partial charge >= 0.3 is 5.97 Å². The number of aromatic nitrogens is 4. The Labute approximate surface area is 227 Å². The van der Waals surface area contributed by atoms with Gasteiger partial charge < -0.3 is 21.0 Å². The molecule has 0 bridgehead atoms. The second-order valence-electron chi connectivity index (χ2n) is 8.18. The van der Waals surface area contributed by atoms with Gasteiger partial charge in [-0.3, -0.25) is 14.5 Å². The molecular weight excluding hydrogens is 561 g/mol. The van der Waals surface area contributed by atoms with E-state index in [9.17, 15) is 19.5 Å². The number of nitrogens with one attached hydrogen (secondary N) is 2. The number of hydrogen-bond acceptors (Lipinski definition) is 13. The summed E-state index contributed by atoms with van der Waals surface area (Å²) in [5, 5.41) is 29.4. The molecule has 1 aliphatic carbocycles. The molecule has 1 saturated carbocycles. The fourth-order valence-electron chi connectivity index (χ4n) is 4.05. The van der Waals surface area contributed by atoms with Crippen molar-refractivity contribution in [2.45, 2.75) is 48.2 Å². The summed E-state index contributed by atoms with van der Waals surface area (Å²) >= 11 is 5.29. The summed E-state index contributed by atoms with van der Waals surface area (Å²) in [7, 11) is 0. The zero-order chi connectivity index (χ0) is 25.9. The molecule has 5 rings (SSSR count). The molecule has 1 saturated heterocycles. The lowest BCUT2D eigenvalue weighted by Gasteiger charge is -2.49. The van der Waals surface area contributed by atoms with Crippen molar-refractivity contribution >= 4 is 75.2 Å². The van der Waals surface area contributed by atoms with Crippen molar-refractivity contribution in [2.24, 2.45) is 5.16 Å². The SMILES string of the molecule is Nc1nc(/C(=N/OC2CCCC2)C(=O)N[C@@H]2C(=O)N3C(C(=O)O)=C(SCSc4cn[nH]n4)CS[C@@H]23)cs1. The lowest BCUT2D eigenvalue weighted by molar-refractivity contribution is -0.150. The number of carbonyl (C=O) groups is 3. The van der Waals surface area contributed by atoms with Crippen LogP contribution in [0.15, 0.2) is 32.4 Å². The molecule has 0 unspecified atom stereocenters. The summed E-state index contributed by atoms with van der Waals surface area (Å²) in [6.07, 6.45) is 5.29. The summed E-state index contributed by atoms with van der Waals surface area (Å²) in [5.41, 5.74) is 5.87. The predicted molar refractivity (Wildman–Crippen MR) is 141 cm³/mol. The highest BCUT2D eigenvalue weighted by Gasteiger charge is 2.54. The Hall–Kier alpha value is -2.76. The van der Waals surface area contributed by atoms with E-state index in [1.54, 1.807) is 11.6 Å². The van der Waals surface area contributed by atoms with Crippen molar-refractivity contribution in [1.82, 2.24) is 30.6 Å². The van der Waals surface area contributed by atoms with Gasteiger partial charge in [-0.2, -0.15) is 10.3 Å². The molecule has 2 aromatic rings. The van der Waals surface area contributed by atoms with E-state index >= 15 is 0 Å². The van der Waals surface area contributed by atoms with Gasteiger partial charge in [0.1, 0.15) is 33.9 Å². The number of aliphatic carboxylic acids is 1. The van der Waals surface area contributed by atoms with Crippen LogP contribution >= 0.6 is 46.6 Å². The average Bonchev–Trinajstić information content (AvgIpc) is 3.66. The Morgan fingerprint density at radius 2 is 2.16 bits per heavy atom. The van der Waals surface area contributed by atoms with Crippen molar-refractivity contribution in [3.8, 4) is 0 Å². The number of hydrogen-bond donors (Lipinski definition) is 4. The minimum atomic E-state index is -1.19. The number of β-lactam (4-membered cyclic amide) rings is 1. The summed E-state index contributed by atoms with van der Waals surface area (Å²) in [5.74, 6) is -1.94. The highest BCUT2D eigenvalue weighted by atomic mass is 32.2. The monoisotopic (exact) mass is 582 g/mol. The number of nitrogens with zero attached hydrogens (tertiary/aromatic N) is 5. The van der Waals surface area contributed by atoms with Crippen molar-refractivity contribution in [2.75, 3.05) is 16.6 Å². The fourth-order valence-corrected chi connectivity index (χ4v) is 8.18. The highest BCUT2D eigenvalue weighted by molar-refractivity contribution is 8.18. The molecule has 13 nitrogen and oxygen atoms in total. The first-order valence-corrected chi connectivity index (χ1v) is 15.1. The average molecular weight is 583 g/mol. The van der Waals surface area contributed by atoms with Crippen LogP contribution in [0, 0.1) is 0 Å². The molecule has 37 heavy (non-hydrogen) atoms. The molecule has 2 aromatic heterocycles. The molecule has 0 radical (unpaired) electrons. The number of carboxylic acid groups (broad SMARTS) is 1. The number of nitrogens with two attached hydrogens (primary N) is 1. The Morgan fingerprint density at radius 1 is 1.35 bits per heavy atom. The van der Waals surface area contributed by atoms with Gasteiger partial charge in [-0.15, -0.1) is 40.0 Å². The number of oxime groups is 1. The van der Waals surface area contributed by atoms with Gasteiger partial charge in [-0.05, 0) is 25.7 Å². The van der Waals surface area contributed by atoms with Crippen LogP contribution in [0.5, 0.6) is 0 Å². The first kappa shape index (κ1) is 25.9. The molecule has 2 amide bonds. The van der Waals surface area contributed by atoms with Gasteiger partial charge in [0.05, 0.1) is 11.3 Å². The lowest BCUT2D eigenvalue weighted by Crippen LogP contribution is -2.71. The van der Waals surface area contributed by atoms with Crippen LogP contribution in [-0.2, 0) is 19.2 Å². The zero-order valence-electron chi connectivity index (χ0n) is 19.2. The van der Waals surface area contributed by atoms with Crippen molar-refractivity contribution < 1.29 is 24.3 Å². The van der Waals surface area contributed by atoms with Gasteiger partial charge in [-0.1, -0.05) is 16.9 Å². The first-order valence-electron chi connectivity index (χ1n) is 11.2. The Balaban J connectivity index is 1.27. The largest absolute Gasteiger partial charge is 0.477 e. The smallest absolute Gasteiger partial charge is 0.353 e. The van der Waals surface area contributed by atoms with Crippen LogP contribution < -0.4 is 11.1 Å². The molecule has 2 atom stereocenters. The van der Waals surface area contributed by atoms with Crippen LogP contribution in [0.25, 0.3) is 0 Å². The number of H-pyrrole nitrogens is 1. The molecule has 0 spiro atoms. The topological polar surface area (TPSA) is 189 Å². The number of rotatable bonds is 10. The maximum absolute atomic E-state index is 13.2. The highest BCUT2D eigenvalue weighted by Crippen LogP contribution is 2.44. The van der Waals surface area contributed by atoms with E-state index in [1.807, 2.05) is 0 Å². The third-order valence-corrected chi connectivity index (χ3v) is 10.1. The fraction of sp³-hybridized carbons (Fsp3) is 0.450. The molecule has 4 heterocycles. The van der Waals surface area contributed by atoms with E-state index in [-0.39, 0.29) is 28.3 Å². The van der Waals surface area contributed by atoms with E-state index in [0.717, 1.165) is 37.0 Å². The zero-order valence-corrected chi connectivity index (χ0v) is 22.4. The summed E-state index contributed by atoms with van der Waals surface area (Å²) in [4.78, 5) is 49.9. The van der Waals surface area contributed by atoms with Crippen molar-refractivity contribution in [3.05, 3.63) is 27.9 Å². The quantitative estimate of drug-likeness (QED) is 0.104. The van der Waals surface area contributed by atoms with Crippen LogP contribution in [-0.4, -0.2) is 82.3 Å². The minimum absolute atomic E-state index is 0.0595. The van der Waals surface area contributed by atoms with E-state index < -0.39 is 29.2 Å². The number of thioether (sulfide) groups is 3. The standard InChI is InChI=1S/C20H22N8O5S4/c21-20-23-10(6-35-20)13(26-33-9-3-1-2-4-9)16(29)24-14-17(30)28-15(19(31)32)11(7-34-18(14)28)36-8-37-12-5-22-27-25-12/h5-6,9,14,18H,1-4,7-8H2,(H2,21,23)(H,24,29)(H,31,32)(H,22,25,27)/b26-13-/t14-,18+/m1/s1.